The average molecular weight is 354 g/mol. The standard InChI is InChI=1S/C20H19FN2O3/c1-12(25)22-10-17-19(15-4-2-3-5-16(15)22)18(11-24)23(17)20(26)13-6-8-14(21)9-7-13/h2-9,17-19,24H,10-11H2,1H3/t17-,18-,19+/m1/s1. The molecule has 26 heavy (non-hydrogen) atoms. The maximum absolute atomic E-state index is 13.2. The molecule has 1 fully saturated rings. The third kappa shape index (κ3) is 2.41. The van der Waals surface area contributed by atoms with Gasteiger partial charge in [0.1, 0.15) is 5.82 Å². The highest BCUT2D eigenvalue weighted by atomic mass is 19.1. The fourth-order valence-electron chi connectivity index (χ4n) is 4.21. The third-order valence-electron chi connectivity index (χ3n) is 5.39. The van der Waals surface area contributed by atoms with E-state index in [1.165, 1.54) is 31.2 Å². The number of hydrogen-bond acceptors (Lipinski definition) is 3. The zero-order valence-electron chi connectivity index (χ0n) is 14.3. The summed E-state index contributed by atoms with van der Waals surface area (Å²) in [6.07, 6.45) is 0. The highest BCUT2D eigenvalue weighted by Gasteiger charge is 2.55. The van der Waals surface area contributed by atoms with E-state index in [1.54, 1.807) is 9.80 Å². The van der Waals surface area contributed by atoms with Gasteiger partial charge in [0.15, 0.2) is 0 Å². The molecule has 2 aromatic carbocycles. The van der Waals surface area contributed by atoms with Gasteiger partial charge >= 0.3 is 0 Å². The minimum atomic E-state index is -0.406. The second kappa shape index (κ2) is 6.21. The molecule has 0 bridgehead atoms. The van der Waals surface area contributed by atoms with Gasteiger partial charge in [0.2, 0.25) is 5.91 Å². The maximum Gasteiger partial charge on any atom is 0.254 e. The molecule has 4 rings (SSSR count). The third-order valence-corrected chi connectivity index (χ3v) is 5.39. The van der Waals surface area contributed by atoms with Crippen LogP contribution in [0, 0.1) is 5.82 Å². The molecule has 2 heterocycles. The summed E-state index contributed by atoms with van der Waals surface area (Å²) in [5.74, 6) is -0.766. The first-order chi connectivity index (χ1) is 12.5. The molecule has 134 valence electrons. The van der Waals surface area contributed by atoms with Crippen LogP contribution in [0.25, 0.3) is 0 Å². The predicted octanol–water partition coefficient (Wildman–Crippen LogP) is 2.16. The van der Waals surface area contributed by atoms with Crippen molar-refractivity contribution in [2.45, 2.75) is 24.9 Å². The van der Waals surface area contributed by atoms with Crippen molar-refractivity contribution in [1.82, 2.24) is 4.90 Å². The van der Waals surface area contributed by atoms with Crippen LogP contribution >= 0.6 is 0 Å². The zero-order chi connectivity index (χ0) is 18.4. The zero-order valence-corrected chi connectivity index (χ0v) is 14.3. The molecule has 0 spiro atoms. The number of halogens is 1. The first kappa shape index (κ1) is 16.7. The summed E-state index contributed by atoms with van der Waals surface area (Å²) in [5, 5.41) is 9.90. The number of para-hydroxylation sites is 1. The lowest BCUT2D eigenvalue weighted by molar-refractivity contribution is -0.117. The maximum atomic E-state index is 13.2. The lowest BCUT2D eigenvalue weighted by atomic mass is 9.71. The molecule has 1 saturated heterocycles. The van der Waals surface area contributed by atoms with Crippen molar-refractivity contribution in [1.29, 1.82) is 0 Å². The number of fused-ring (bicyclic) bond motifs is 3. The number of likely N-dealkylation sites (tertiary alicyclic amines) is 1. The van der Waals surface area contributed by atoms with Gasteiger partial charge in [-0.05, 0) is 35.9 Å². The largest absolute Gasteiger partial charge is 0.394 e. The Hall–Kier alpha value is -2.73. The van der Waals surface area contributed by atoms with Crippen LogP contribution in [0.3, 0.4) is 0 Å². The minimum absolute atomic E-state index is 0.0174. The van der Waals surface area contributed by atoms with Crippen LogP contribution < -0.4 is 4.90 Å². The number of hydrogen-bond donors (Lipinski definition) is 1. The summed E-state index contributed by atoms with van der Waals surface area (Å²) in [6, 6.07) is 12.4. The van der Waals surface area contributed by atoms with E-state index in [9.17, 15) is 19.1 Å². The smallest absolute Gasteiger partial charge is 0.254 e. The van der Waals surface area contributed by atoms with Gasteiger partial charge in [0, 0.05) is 30.6 Å². The van der Waals surface area contributed by atoms with E-state index in [4.69, 9.17) is 0 Å². The summed E-state index contributed by atoms with van der Waals surface area (Å²) in [7, 11) is 0. The first-order valence-electron chi connectivity index (χ1n) is 8.59. The number of benzene rings is 2. The Balaban J connectivity index is 1.71. The minimum Gasteiger partial charge on any atom is -0.394 e. The normalized spacial score (nSPS) is 23.7. The van der Waals surface area contributed by atoms with E-state index in [1.807, 2.05) is 24.3 Å². The molecule has 1 N–H and O–H groups in total. The molecule has 0 unspecified atom stereocenters. The Bertz CT molecular complexity index is 868. The van der Waals surface area contributed by atoms with Crippen molar-refractivity contribution in [2.75, 3.05) is 18.1 Å². The Kier molecular flexibility index (Phi) is 4.00. The van der Waals surface area contributed by atoms with Crippen molar-refractivity contribution in [3.8, 4) is 0 Å². The van der Waals surface area contributed by atoms with E-state index >= 15 is 0 Å². The Labute approximate surface area is 150 Å². The molecular formula is C20H19FN2O3. The number of carbonyl (C=O) groups is 2. The van der Waals surface area contributed by atoms with Gasteiger partial charge in [0.05, 0.1) is 18.7 Å². The fraction of sp³-hybridized carbons (Fsp3) is 0.300. The van der Waals surface area contributed by atoms with Crippen LogP contribution in [0.2, 0.25) is 0 Å². The van der Waals surface area contributed by atoms with Crippen molar-refractivity contribution >= 4 is 17.5 Å². The molecule has 6 heteroatoms. The van der Waals surface area contributed by atoms with Crippen molar-refractivity contribution in [3.05, 3.63) is 65.5 Å². The molecule has 0 saturated carbocycles. The van der Waals surface area contributed by atoms with Gasteiger partial charge in [-0.1, -0.05) is 18.2 Å². The van der Waals surface area contributed by atoms with E-state index in [0.717, 1.165) is 11.3 Å². The van der Waals surface area contributed by atoms with Crippen LogP contribution in [0.4, 0.5) is 10.1 Å². The van der Waals surface area contributed by atoms with Crippen LogP contribution in [0.15, 0.2) is 48.5 Å². The predicted molar refractivity (Wildman–Crippen MR) is 94.4 cm³/mol. The molecule has 0 radical (unpaired) electrons. The molecule has 2 amide bonds. The van der Waals surface area contributed by atoms with Gasteiger partial charge < -0.3 is 14.9 Å². The number of aliphatic hydroxyl groups is 1. The Morgan fingerprint density at radius 2 is 1.85 bits per heavy atom. The number of amides is 2. The van der Waals surface area contributed by atoms with Crippen molar-refractivity contribution in [2.24, 2.45) is 0 Å². The summed E-state index contributed by atoms with van der Waals surface area (Å²) in [6.45, 7) is 1.73. The summed E-state index contributed by atoms with van der Waals surface area (Å²) < 4.78 is 13.2. The van der Waals surface area contributed by atoms with E-state index in [2.05, 4.69) is 0 Å². The average Bonchev–Trinajstić information content (AvgIpc) is 2.62. The molecule has 2 aliphatic rings. The molecule has 2 aliphatic heterocycles. The fourth-order valence-corrected chi connectivity index (χ4v) is 4.21. The highest BCUT2D eigenvalue weighted by Crippen LogP contribution is 2.48. The van der Waals surface area contributed by atoms with E-state index in [0.29, 0.717) is 12.1 Å². The molecule has 5 nitrogen and oxygen atoms in total. The molecule has 0 aromatic heterocycles. The van der Waals surface area contributed by atoms with Gasteiger partial charge in [-0.2, -0.15) is 0 Å². The Morgan fingerprint density at radius 1 is 1.15 bits per heavy atom. The second-order valence-corrected chi connectivity index (χ2v) is 6.75. The van der Waals surface area contributed by atoms with Crippen LogP contribution in [-0.2, 0) is 4.79 Å². The lowest BCUT2D eigenvalue weighted by Gasteiger charge is -2.58. The molecular weight excluding hydrogens is 335 g/mol. The van der Waals surface area contributed by atoms with Gasteiger partial charge in [-0.3, -0.25) is 9.59 Å². The van der Waals surface area contributed by atoms with Gasteiger partial charge in [0.25, 0.3) is 5.91 Å². The lowest BCUT2D eigenvalue weighted by Crippen LogP contribution is -2.70. The summed E-state index contributed by atoms with van der Waals surface area (Å²) in [4.78, 5) is 28.3. The van der Waals surface area contributed by atoms with Crippen LogP contribution in [0.1, 0.15) is 28.8 Å². The second-order valence-electron chi connectivity index (χ2n) is 6.75. The Morgan fingerprint density at radius 3 is 2.50 bits per heavy atom. The monoisotopic (exact) mass is 354 g/mol. The first-order valence-corrected chi connectivity index (χ1v) is 8.59. The SMILES string of the molecule is CC(=O)N1C[C@@H]2[C@H](c3ccccc31)[C@@H](CO)N2C(=O)c1ccc(F)cc1. The number of carbonyl (C=O) groups excluding carboxylic acids is 2. The van der Waals surface area contributed by atoms with E-state index < -0.39 is 5.82 Å². The number of anilines is 1. The molecule has 2 aromatic rings. The van der Waals surface area contributed by atoms with Crippen molar-refractivity contribution < 1.29 is 19.1 Å². The highest BCUT2D eigenvalue weighted by molar-refractivity contribution is 5.97. The number of nitrogens with zero attached hydrogens (tertiary/aromatic N) is 2. The van der Waals surface area contributed by atoms with Crippen LogP contribution in [-0.4, -0.2) is 47.1 Å². The number of aliphatic hydroxyl groups excluding tert-OH is 1. The van der Waals surface area contributed by atoms with Crippen molar-refractivity contribution in [3.63, 3.8) is 0 Å². The molecule has 0 aliphatic carbocycles. The topological polar surface area (TPSA) is 60.9 Å². The van der Waals surface area contributed by atoms with Crippen LogP contribution in [0.5, 0.6) is 0 Å². The number of rotatable bonds is 2. The summed E-state index contributed by atoms with van der Waals surface area (Å²) >= 11 is 0. The van der Waals surface area contributed by atoms with Gasteiger partial charge in [-0.15, -0.1) is 0 Å². The van der Waals surface area contributed by atoms with Gasteiger partial charge in [-0.25, -0.2) is 4.39 Å². The summed E-state index contributed by atoms with van der Waals surface area (Å²) in [5.41, 5.74) is 2.19. The molecule has 3 atom stereocenters. The van der Waals surface area contributed by atoms with E-state index in [-0.39, 0.29) is 36.4 Å². The quantitative estimate of drug-likeness (QED) is 0.899.